The van der Waals surface area contributed by atoms with Crippen molar-refractivity contribution in [3.63, 3.8) is 0 Å². The summed E-state index contributed by atoms with van der Waals surface area (Å²) < 4.78 is 15.9. The molecule has 0 spiro atoms. The van der Waals surface area contributed by atoms with Crippen molar-refractivity contribution < 1.29 is 14.2 Å². The van der Waals surface area contributed by atoms with Gasteiger partial charge in [-0.15, -0.1) is 0 Å². The van der Waals surface area contributed by atoms with Crippen LogP contribution in [0.2, 0.25) is 0 Å². The Kier molecular flexibility index (Phi) is 4.93. The predicted octanol–water partition coefficient (Wildman–Crippen LogP) is 3.21. The first-order chi connectivity index (χ1) is 7.67. The van der Waals surface area contributed by atoms with Crippen LogP contribution in [-0.4, -0.2) is 26.7 Å². The Balaban J connectivity index is 3.25. The molecule has 0 N–H and O–H groups in total. The first-order valence-electron chi connectivity index (χ1n) is 5.03. The van der Waals surface area contributed by atoms with E-state index in [2.05, 4.69) is 22.9 Å². The van der Waals surface area contributed by atoms with Crippen LogP contribution in [0.4, 0.5) is 0 Å². The van der Waals surface area contributed by atoms with Gasteiger partial charge in [0.1, 0.15) is 0 Å². The Morgan fingerprint density at radius 3 is 1.88 bits per heavy atom. The average molecular weight is 289 g/mol. The Morgan fingerprint density at radius 1 is 1.06 bits per heavy atom. The van der Waals surface area contributed by atoms with Gasteiger partial charge in [0.05, 0.1) is 21.3 Å². The molecular weight excluding hydrogens is 272 g/mol. The summed E-state index contributed by atoms with van der Waals surface area (Å²) in [5.74, 6) is 2.43. The largest absolute Gasteiger partial charge is 0.493 e. The van der Waals surface area contributed by atoms with Crippen LogP contribution >= 0.6 is 15.9 Å². The second-order valence-corrected chi connectivity index (χ2v) is 4.16. The molecule has 0 aliphatic rings. The van der Waals surface area contributed by atoms with E-state index in [4.69, 9.17) is 14.2 Å². The molecular formula is C12H17BrO3. The minimum atomic E-state index is 0.397. The number of hydrogen-bond donors (Lipinski definition) is 0. The quantitative estimate of drug-likeness (QED) is 0.779. The molecule has 0 aromatic heterocycles. The summed E-state index contributed by atoms with van der Waals surface area (Å²) in [5.41, 5.74) is 1.16. The normalized spacial score (nSPS) is 12.1. The molecule has 1 atom stereocenters. The van der Waals surface area contributed by atoms with Crippen molar-refractivity contribution in [3.8, 4) is 17.2 Å². The summed E-state index contributed by atoms with van der Waals surface area (Å²) in [5, 5.41) is 0.894. The van der Waals surface area contributed by atoms with E-state index in [1.54, 1.807) is 21.3 Å². The lowest BCUT2D eigenvalue weighted by atomic mass is 10.0. The summed E-state index contributed by atoms with van der Waals surface area (Å²) in [6.45, 7) is 2.13. The number of ether oxygens (including phenoxy) is 3. The molecule has 1 unspecified atom stereocenters. The molecule has 0 saturated heterocycles. The van der Waals surface area contributed by atoms with Gasteiger partial charge in [-0.1, -0.05) is 22.9 Å². The van der Waals surface area contributed by atoms with Gasteiger partial charge >= 0.3 is 0 Å². The fraction of sp³-hybridized carbons (Fsp3) is 0.500. The zero-order chi connectivity index (χ0) is 12.1. The molecule has 4 heteroatoms. The molecule has 1 aromatic rings. The minimum Gasteiger partial charge on any atom is -0.493 e. The number of alkyl halides is 1. The van der Waals surface area contributed by atoms with Crippen molar-refractivity contribution in [2.24, 2.45) is 0 Å². The van der Waals surface area contributed by atoms with Crippen molar-refractivity contribution >= 4 is 15.9 Å². The van der Waals surface area contributed by atoms with Crippen molar-refractivity contribution in [2.75, 3.05) is 26.7 Å². The maximum atomic E-state index is 5.29. The van der Waals surface area contributed by atoms with E-state index in [-0.39, 0.29) is 0 Å². The Hall–Kier alpha value is -0.900. The first-order valence-corrected chi connectivity index (χ1v) is 6.15. The molecule has 1 aromatic carbocycles. The standard InChI is InChI=1S/C12H17BrO3/c1-8(7-13)9-5-10(14-2)12(16-4)11(6-9)15-3/h5-6,8H,7H2,1-4H3. The molecule has 3 nitrogen and oxygen atoms in total. The van der Waals surface area contributed by atoms with Crippen LogP contribution in [0.1, 0.15) is 18.4 Å². The van der Waals surface area contributed by atoms with Gasteiger partial charge in [-0.05, 0) is 23.6 Å². The maximum absolute atomic E-state index is 5.29. The Morgan fingerprint density at radius 2 is 1.56 bits per heavy atom. The van der Waals surface area contributed by atoms with Gasteiger partial charge in [0, 0.05) is 5.33 Å². The van der Waals surface area contributed by atoms with E-state index >= 15 is 0 Å². The van der Waals surface area contributed by atoms with E-state index in [1.165, 1.54) is 0 Å². The summed E-state index contributed by atoms with van der Waals surface area (Å²) in [6, 6.07) is 3.96. The molecule has 0 saturated carbocycles. The van der Waals surface area contributed by atoms with Gasteiger partial charge in [-0.2, -0.15) is 0 Å². The van der Waals surface area contributed by atoms with Gasteiger partial charge in [-0.25, -0.2) is 0 Å². The van der Waals surface area contributed by atoms with Crippen LogP contribution in [0.15, 0.2) is 12.1 Å². The number of hydrogen-bond acceptors (Lipinski definition) is 3. The summed E-state index contributed by atoms with van der Waals surface area (Å²) in [6.07, 6.45) is 0. The van der Waals surface area contributed by atoms with Crippen LogP contribution in [0.3, 0.4) is 0 Å². The second kappa shape index (κ2) is 5.99. The van der Waals surface area contributed by atoms with E-state index in [9.17, 15) is 0 Å². The predicted molar refractivity (Wildman–Crippen MR) is 68.3 cm³/mol. The molecule has 0 fully saturated rings. The summed E-state index contributed by atoms with van der Waals surface area (Å²) in [7, 11) is 4.85. The molecule has 0 radical (unpaired) electrons. The van der Waals surface area contributed by atoms with Gasteiger partial charge in [-0.3, -0.25) is 0 Å². The zero-order valence-corrected chi connectivity index (χ0v) is 11.6. The Labute approximate surface area is 105 Å². The highest BCUT2D eigenvalue weighted by molar-refractivity contribution is 9.09. The fourth-order valence-electron chi connectivity index (χ4n) is 1.47. The van der Waals surface area contributed by atoms with Crippen LogP contribution in [0.25, 0.3) is 0 Å². The number of benzene rings is 1. The average Bonchev–Trinajstić information content (AvgIpc) is 2.35. The Bertz CT molecular complexity index is 327. The van der Waals surface area contributed by atoms with E-state index in [0.29, 0.717) is 23.2 Å². The number of halogens is 1. The van der Waals surface area contributed by atoms with E-state index < -0.39 is 0 Å². The molecule has 0 amide bonds. The summed E-state index contributed by atoms with van der Waals surface area (Å²) >= 11 is 3.47. The molecule has 16 heavy (non-hydrogen) atoms. The maximum Gasteiger partial charge on any atom is 0.203 e. The van der Waals surface area contributed by atoms with Gasteiger partial charge in [0.25, 0.3) is 0 Å². The lowest BCUT2D eigenvalue weighted by molar-refractivity contribution is 0.323. The molecule has 0 bridgehead atoms. The highest BCUT2D eigenvalue weighted by atomic mass is 79.9. The van der Waals surface area contributed by atoms with Crippen molar-refractivity contribution in [1.82, 2.24) is 0 Å². The summed E-state index contributed by atoms with van der Waals surface area (Å²) in [4.78, 5) is 0. The van der Waals surface area contributed by atoms with Crippen LogP contribution in [0.5, 0.6) is 17.2 Å². The van der Waals surface area contributed by atoms with Gasteiger partial charge in [0.15, 0.2) is 11.5 Å². The molecule has 1 rings (SSSR count). The monoisotopic (exact) mass is 288 g/mol. The van der Waals surface area contributed by atoms with Crippen LogP contribution in [-0.2, 0) is 0 Å². The fourth-order valence-corrected chi connectivity index (χ4v) is 1.85. The third kappa shape index (κ3) is 2.61. The molecule has 0 aliphatic carbocycles. The van der Waals surface area contributed by atoms with Crippen molar-refractivity contribution in [1.29, 1.82) is 0 Å². The van der Waals surface area contributed by atoms with Crippen LogP contribution in [0, 0.1) is 0 Å². The van der Waals surface area contributed by atoms with Gasteiger partial charge in [0.2, 0.25) is 5.75 Å². The van der Waals surface area contributed by atoms with Crippen LogP contribution < -0.4 is 14.2 Å². The molecule has 90 valence electrons. The van der Waals surface area contributed by atoms with Crippen molar-refractivity contribution in [3.05, 3.63) is 17.7 Å². The number of methoxy groups -OCH3 is 3. The molecule has 0 aliphatic heterocycles. The highest BCUT2D eigenvalue weighted by Crippen LogP contribution is 2.40. The van der Waals surface area contributed by atoms with Crippen molar-refractivity contribution in [2.45, 2.75) is 12.8 Å². The third-order valence-electron chi connectivity index (χ3n) is 2.49. The lowest BCUT2D eigenvalue weighted by Gasteiger charge is -2.16. The van der Waals surface area contributed by atoms with Gasteiger partial charge < -0.3 is 14.2 Å². The highest BCUT2D eigenvalue weighted by Gasteiger charge is 2.15. The lowest BCUT2D eigenvalue weighted by Crippen LogP contribution is -2.00. The third-order valence-corrected chi connectivity index (χ3v) is 3.46. The first kappa shape index (κ1) is 13.2. The van der Waals surface area contributed by atoms with E-state index in [1.807, 2.05) is 12.1 Å². The molecule has 0 heterocycles. The smallest absolute Gasteiger partial charge is 0.203 e. The van der Waals surface area contributed by atoms with E-state index in [0.717, 1.165) is 10.9 Å². The second-order valence-electron chi connectivity index (χ2n) is 3.51. The SMILES string of the molecule is COc1cc(C(C)CBr)cc(OC)c1OC. The minimum absolute atomic E-state index is 0.397. The topological polar surface area (TPSA) is 27.7 Å². The zero-order valence-electron chi connectivity index (χ0n) is 10.0. The number of rotatable bonds is 5.